The maximum Gasteiger partial charge on any atom is 0.338 e. The van der Waals surface area contributed by atoms with Crippen molar-refractivity contribution in [2.75, 3.05) is 6.61 Å². The minimum absolute atomic E-state index is 0.0435. The van der Waals surface area contributed by atoms with E-state index >= 15 is 0 Å². The molecule has 0 amide bonds. The minimum atomic E-state index is -1.04. The van der Waals surface area contributed by atoms with Gasteiger partial charge in [-0.25, -0.2) is 9.59 Å². The predicted molar refractivity (Wildman–Crippen MR) is 169 cm³/mol. The highest BCUT2D eigenvalue weighted by atomic mass is 16.5. The van der Waals surface area contributed by atoms with E-state index in [-0.39, 0.29) is 38.7 Å². The van der Waals surface area contributed by atoms with Crippen LogP contribution in [0.4, 0.5) is 0 Å². The molecule has 5 saturated carbocycles. The van der Waals surface area contributed by atoms with E-state index in [1.807, 2.05) is 0 Å². The summed E-state index contributed by atoms with van der Waals surface area (Å²) in [6.45, 7) is 19.6. The summed E-state index contributed by atoms with van der Waals surface area (Å²) in [4.78, 5) is 24.7. The van der Waals surface area contributed by atoms with Gasteiger partial charge in [-0.2, -0.15) is 0 Å². The molecule has 0 heterocycles. The molecular weight excluding hydrogens is 536 g/mol. The Morgan fingerprint density at radius 1 is 0.884 bits per heavy atom. The van der Waals surface area contributed by atoms with Crippen LogP contribution in [0.15, 0.2) is 36.4 Å². The Hall–Kier alpha value is -2.14. The molecule has 5 fully saturated rings. The monoisotopic (exact) mass is 590 g/mol. The zero-order valence-electron chi connectivity index (χ0n) is 27.4. The zero-order chi connectivity index (χ0) is 31.2. The lowest BCUT2D eigenvalue weighted by Crippen LogP contribution is -2.66. The number of carbonyl (C=O) groups is 2. The minimum Gasteiger partial charge on any atom is -0.478 e. The van der Waals surface area contributed by atoms with Crippen molar-refractivity contribution in [3.8, 4) is 0 Å². The number of ether oxygens (including phenoxy) is 1. The highest BCUT2D eigenvalue weighted by Gasteiger charge is 2.71. The molecule has 236 valence electrons. The molecule has 0 unspecified atom stereocenters. The summed E-state index contributed by atoms with van der Waals surface area (Å²) in [5, 5.41) is 20.4. The first-order valence-electron chi connectivity index (χ1n) is 16.9. The number of carboxylic acids is 1. The number of esters is 1. The summed E-state index contributed by atoms with van der Waals surface area (Å²) >= 11 is 0. The zero-order valence-corrected chi connectivity index (χ0v) is 27.4. The predicted octanol–water partition coefficient (Wildman–Crippen LogP) is 8.56. The summed E-state index contributed by atoms with van der Waals surface area (Å²) in [6, 6.07) is 6.19. The van der Waals surface area contributed by atoms with Gasteiger partial charge in [0, 0.05) is 5.41 Å². The lowest BCUT2D eigenvalue weighted by Gasteiger charge is -2.73. The van der Waals surface area contributed by atoms with Gasteiger partial charge >= 0.3 is 11.9 Å². The molecule has 0 spiro atoms. The van der Waals surface area contributed by atoms with Gasteiger partial charge in [-0.1, -0.05) is 52.8 Å². The SMILES string of the molecule is C=C(C)[C@@H]1CC[C@]2(COC(=O)c3cccc(C(=O)O)c3)CC[C@]3(C)[C@H](CC[C@@H]4[C@@]5(C)CC[C@H](O)C(C)(C)[C@@H]5CC[C@]43C)[C@@H]12. The van der Waals surface area contributed by atoms with Crippen LogP contribution in [-0.4, -0.2) is 34.9 Å². The molecule has 1 aromatic rings. The highest BCUT2D eigenvalue weighted by molar-refractivity contribution is 5.94. The topological polar surface area (TPSA) is 83.8 Å². The molecule has 43 heavy (non-hydrogen) atoms. The van der Waals surface area contributed by atoms with Crippen molar-refractivity contribution < 1.29 is 24.5 Å². The Morgan fingerprint density at radius 3 is 2.30 bits per heavy atom. The molecule has 10 atom stereocenters. The maximum absolute atomic E-state index is 13.2. The van der Waals surface area contributed by atoms with Crippen LogP contribution in [0, 0.1) is 56.7 Å². The highest BCUT2D eigenvalue weighted by Crippen LogP contribution is 2.77. The van der Waals surface area contributed by atoms with Crippen molar-refractivity contribution in [3.05, 3.63) is 47.5 Å². The number of benzene rings is 1. The summed E-state index contributed by atoms with van der Waals surface area (Å²) in [5.41, 5.74) is 2.27. The molecule has 0 bridgehead atoms. The van der Waals surface area contributed by atoms with Crippen LogP contribution in [0.2, 0.25) is 0 Å². The Kier molecular flexibility index (Phi) is 7.31. The fourth-order valence-corrected chi connectivity index (χ4v) is 12.6. The molecule has 6 rings (SSSR count). The normalized spacial score (nSPS) is 44.7. The van der Waals surface area contributed by atoms with Crippen LogP contribution in [0.25, 0.3) is 0 Å². The second-order valence-electron chi connectivity index (χ2n) is 16.9. The van der Waals surface area contributed by atoms with E-state index in [0.717, 1.165) is 38.5 Å². The fraction of sp³-hybridized carbons (Fsp3) is 0.737. The third-order valence-corrected chi connectivity index (χ3v) is 15.1. The standard InChI is InChI=1S/C38H54O5/c1-23(2)26-13-18-38(22-43-33(42)25-10-8-9-24(21-25)32(40)41)20-19-36(6)27(31(26)38)11-12-29-35(5)16-15-30(39)34(3,4)28(35)14-17-37(29,36)7/h8-10,21,26-31,39H,1,11-20,22H2,2-7H3,(H,40,41)/t26-,27+,28-,29+,30-,31+,35-,36+,37+,38+/m0/s1. The number of allylic oxidation sites excluding steroid dienone is 1. The summed E-state index contributed by atoms with van der Waals surface area (Å²) in [7, 11) is 0. The molecule has 0 saturated heterocycles. The molecule has 5 aliphatic carbocycles. The number of hydrogen-bond donors (Lipinski definition) is 2. The second kappa shape index (κ2) is 10.2. The van der Waals surface area contributed by atoms with E-state index in [0.29, 0.717) is 41.8 Å². The van der Waals surface area contributed by atoms with Gasteiger partial charge in [0.05, 0.1) is 23.8 Å². The fourth-order valence-electron chi connectivity index (χ4n) is 12.6. The van der Waals surface area contributed by atoms with E-state index in [4.69, 9.17) is 4.74 Å². The average Bonchev–Trinajstić information content (AvgIpc) is 3.35. The van der Waals surface area contributed by atoms with Crippen LogP contribution in [0.3, 0.4) is 0 Å². The number of carbonyl (C=O) groups excluding carboxylic acids is 1. The van der Waals surface area contributed by atoms with E-state index in [2.05, 4.69) is 48.1 Å². The van der Waals surface area contributed by atoms with Gasteiger partial charge < -0.3 is 14.9 Å². The number of aromatic carboxylic acids is 1. The largest absolute Gasteiger partial charge is 0.478 e. The van der Waals surface area contributed by atoms with Crippen LogP contribution in [-0.2, 0) is 4.74 Å². The third kappa shape index (κ3) is 4.33. The van der Waals surface area contributed by atoms with Crippen LogP contribution in [0.1, 0.15) is 126 Å². The van der Waals surface area contributed by atoms with Crippen molar-refractivity contribution in [1.82, 2.24) is 0 Å². The van der Waals surface area contributed by atoms with Gasteiger partial charge in [0.1, 0.15) is 0 Å². The number of hydrogen-bond acceptors (Lipinski definition) is 4. The van der Waals surface area contributed by atoms with Crippen molar-refractivity contribution in [3.63, 3.8) is 0 Å². The summed E-state index contributed by atoms with van der Waals surface area (Å²) in [6.07, 6.45) is 11.1. The van der Waals surface area contributed by atoms with E-state index in [9.17, 15) is 19.8 Å². The summed E-state index contributed by atoms with van der Waals surface area (Å²) < 4.78 is 6.11. The van der Waals surface area contributed by atoms with Gasteiger partial charge in [0.2, 0.25) is 0 Å². The van der Waals surface area contributed by atoms with Crippen LogP contribution >= 0.6 is 0 Å². The molecule has 5 nitrogen and oxygen atoms in total. The molecule has 0 aliphatic heterocycles. The Balaban J connectivity index is 1.30. The quantitative estimate of drug-likeness (QED) is 0.265. The van der Waals surface area contributed by atoms with Crippen molar-refractivity contribution in [2.45, 2.75) is 112 Å². The van der Waals surface area contributed by atoms with Crippen molar-refractivity contribution in [1.29, 1.82) is 0 Å². The van der Waals surface area contributed by atoms with Gasteiger partial charge in [0.25, 0.3) is 0 Å². The third-order valence-electron chi connectivity index (χ3n) is 15.1. The molecular formula is C38H54O5. The average molecular weight is 591 g/mol. The van der Waals surface area contributed by atoms with E-state index in [1.54, 1.807) is 12.1 Å². The van der Waals surface area contributed by atoms with E-state index < -0.39 is 11.9 Å². The molecule has 0 aromatic heterocycles. The number of carboxylic acid groups (broad SMARTS) is 1. The molecule has 1 aromatic carbocycles. The lowest BCUT2D eigenvalue weighted by atomic mass is 9.32. The number of aliphatic hydroxyl groups is 1. The van der Waals surface area contributed by atoms with Gasteiger partial charge in [-0.3, -0.25) is 0 Å². The van der Waals surface area contributed by atoms with Crippen molar-refractivity contribution in [2.24, 2.45) is 56.7 Å². The van der Waals surface area contributed by atoms with Crippen LogP contribution < -0.4 is 0 Å². The first kappa shape index (κ1) is 30.9. The number of rotatable bonds is 5. The molecule has 2 N–H and O–H groups in total. The first-order chi connectivity index (χ1) is 20.1. The Labute approximate surface area is 258 Å². The molecule has 0 radical (unpaired) electrons. The Morgan fingerprint density at radius 2 is 1.60 bits per heavy atom. The second-order valence-corrected chi connectivity index (χ2v) is 16.9. The van der Waals surface area contributed by atoms with E-state index in [1.165, 1.54) is 43.4 Å². The molecule has 5 heteroatoms. The number of aliphatic hydroxyl groups excluding tert-OH is 1. The Bertz CT molecular complexity index is 1310. The smallest absolute Gasteiger partial charge is 0.338 e. The van der Waals surface area contributed by atoms with Gasteiger partial charge in [-0.15, -0.1) is 0 Å². The summed E-state index contributed by atoms with van der Waals surface area (Å²) in [5.74, 6) is 1.18. The van der Waals surface area contributed by atoms with Crippen molar-refractivity contribution >= 4 is 11.9 Å². The van der Waals surface area contributed by atoms with Crippen LogP contribution in [0.5, 0.6) is 0 Å². The van der Waals surface area contributed by atoms with Gasteiger partial charge in [-0.05, 0) is 141 Å². The lowest BCUT2D eigenvalue weighted by molar-refractivity contribution is -0.249. The van der Waals surface area contributed by atoms with Gasteiger partial charge in [0.15, 0.2) is 0 Å². The molecule has 5 aliphatic rings. The number of fused-ring (bicyclic) bond motifs is 7. The maximum atomic E-state index is 13.2. The first-order valence-corrected chi connectivity index (χ1v) is 16.9.